The Morgan fingerprint density at radius 2 is 1.84 bits per heavy atom. The quantitative estimate of drug-likeness (QED) is 0.909. The van der Waals surface area contributed by atoms with Gasteiger partial charge in [-0.25, -0.2) is 9.97 Å². The van der Waals surface area contributed by atoms with Gasteiger partial charge in [0.05, 0.1) is 0 Å². The van der Waals surface area contributed by atoms with Crippen molar-refractivity contribution >= 4 is 5.82 Å². The molecule has 19 heavy (non-hydrogen) atoms. The van der Waals surface area contributed by atoms with Gasteiger partial charge in [0.1, 0.15) is 11.6 Å². The summed E-state index contributed by atoms with van der Waals surface area (Å²) in [5, 5.41) is 3.44. The summed E-state index contributed by atoms with van der Waals surface area (Å²) in [4.78, 5) is 11.9. The number of aromatic nitrogens is 2. The molecule has 0 saturated carbocycles. The molecular weight excluding hydrogens is 236 g/mol. The van der Waals surface area contributed by atoms with Crippen LogP contribution >= 0.6 is 0 Å². The van der Waals surface area contributed by atoms with E-state index in [4.69, 9.17) is 9.97 Å². The molecular formula is C15H26N4. The molecule has 4 heteroatoms. The molecule has 1 aromatic rings. The second kappa shape index (κ2) is 6.33. The fourth-order valence-corrected chi connectivity index (χ4v) is 2.26. The topological polar surface area (TPSA) is 41.0 Å². The molecule has 1 N–H and O–H groups in total. The number of anilines is 1. The van der Waals surface area contributed by atoms with Crippen molar-refractivity contribution in [2.75, 3.05) is 31.1 Å². The minimum absolute atomic E-state index is 0.377. The number of hydrogen-bond donors (Lipinski definition) is 1. The highest BCUT2D eigenvalue weighted by atomic mass is 15.2. The third-order valence-electron chi connectivity index (χ3n) is 3.52. The van der Waals surface area contributed by atoms with Crippen molar-refractivity contribution in [2.24, 2.45) is 0 Å². The van der Waals surface area contributed by atoms with Crippen LogP contribution in [-0.4, -0.2) is 36.1 Å². The predicted octanol–water partition coefficient (Wildman–Crippen LogP) is 2.52. The largest absolute Gasteiger partial charge is 0.355 e. The van der Waals surface area contributed by atoms with Gasteiger partial charge in [0, 0.05) is 37.3 Å². The highest BCUT2D eigenvalue weighted by Gasteiger charge is 2.16. The molecule has 2 heterocycles. The Bertz CT molecular complexity index is 380. The molecule has 1 fully saturated rings. The van der Waals surface area contributed by atoms with Crippen molar-refractivity contribution < 1.29 is 0 Å². The normalized spacial score (nSPS) is 17.1. The standard InChI is InChI=1S/C15H26N4/c1-11(2)13-10-14(18-15(17-13)12(3)4)19-8-5-6-16-7-9-19/h10-12,16H,5-9H2,1-4H3. The predicted molar refractivity (Wildman–Crippen MR) is 79.9 cm³/mol. The van der Waals surface area contributed by atoms with E-state index >= 15 is 0 Å². The zero-order valence-corrected chi connectivity index (χ0v) is 12.6. The Kier molecular flexibility index (Phi) is 4.75. The third-order valence-corrected chi connectivity index (χ3v) is 3.52. The maximum atomic E-state index is 4.77. The van der Waals surface area contributed by atoms with Crippen LogP contribution in [0.2, 0.25) is 0 Å². The van der Waals surface area contributed by atoms with E-state index in [0.29, 0.717) is 11.8 Å². The lowest BCUT2D eigenvalue weighted by Crippen LogP contribution is -2.29. The maximum Gasteiger partial charge on any atom is 0.133 e. The van der Waals surface area contributed by atoms with Gasteiger partial charge in [-0.15, -0.1) is 0 Å². The molecule has 2 rings (SSSR count). The zero-order valence-electron chi connectivity index (χ0n) is 12.6. The summed E-state index contributed by atoms with van der Waals surface area (Å²) in [7, 11) is 0. The van der Waals surface area contributed by atoms with Crippen LogP contribution in [0.4, 0.5) is 5.82 Å². The average Bonchev–Trinajstić information content (AvgIpc) is 2.66. The summed E-state index contributed by atoms with van der Waals surface area (Å²) >= 11 is 0. The molecule has 1 saturated heterocycles. The summed E-state index contributed by atoms with van der Waals surface area (Å²) in [5.74, 6) is 2.90. The molecule has 1 aliphatic rings. The molecule has 0 aliphatic carbocycles. The van der Waals surface area contributed by atoms with Crippen molar-refractivity contribution in [3.63, 3.8) is 0 Å². The van der Waals surface area contributed by atoms with Crippen LogP contribution in [-0.2, 0) is 0 Å². The summed E-state index contributed by atoms with van der Waals surface area (Å²) in [6.45, 7) is 13.0. The number of rotatable bonds is 3. The molecule has 0 radical (unpaired) electrons. The van der Waals surface area contributed by atoms with Crippen molar-refractivity contribution in [1.82, 2.24) is 15.3 Å². The maximum absolute atomic E-state index is 4.77. The highest BCUT2D eigenvalue weighted by molar-refractivity contribution is 5.41. The van der Waals surface area contributed by atoms with Crippen LogP contribution < -0.4 is 10.2 Å². The summed E-state index contributed by atoms with van der Waals surface area (Å²) in [5.41, 5.74) is 1.16. The SMILES string of the molecule is CC(C)c1cc(N2CCCNCC2)nc(C(C)C)n1. The minimum Gasteiger partial charge on any atom is -0.355 e. The lowest BCUT2D eigenvalue weighted by Gasteiger charge is -2.23. The number of nitrogens with one attached hydrogen (secondary N) is 1. The monoisotopic (exact) mass is 262 g/mol. The first-order valence-corrected chi connectivity index (χ1v) is 7.42. The van der Waals surface area contributed by atoms with Crippen molar-refractivity contribution in [2.45, 2.75) is 46.0 Å². The molecule has 1 aromatic heterocycles. The summed E-state index contributed by atoms with van der Waals surface area (Å²) in [6, 6.07) is 2.17. The van der Waals surface area contributed by atoms with Gasteiger partial charge in [-0.3, -0.25) is 0 Å². The first-order valence-electron chi connectivity index (χ1n) is 7.42. The molecule has 0 aromatic carbocycles. The average molecular weight is 262 g/mol. The number of nitrogens with zero attached hydrogens (tertiary/aromatic N) is 3. The molecule has 0 amide bonds. The lowest BCUT2D eigenvalue weighted by molar-refractivity contribution is 0.711. The Morgan fingerprint density at radius 3 is 2.53 bits per heavy atom. The second-order valence-electron chi connectivity index (χ2n) is 5.91. The molecule has 4 nitrogen and oxygen atoms in total. The van der Waals surface area contributed by atoms with E-state index in [2.05, 4.69) is 44.0 Å². The fourth-order valence-electron chi connectivity index (χ4n) is 2.26. The lowest BCUT2D eigenvalue weighted by atomic mass is 10.1. The van der Waals surface area contributed by atoms with Crippen LogP contribution in [0.15, 0.2) is 6.07 Å². The van der Waals surface area contributed by atoms with Gasteiger partial charge in [0.2, 0.25) is 0 Å². The summed E-state index contributed by atoms with van der Waals surface area (Å²) < 4.78 is 0. The molecule has 0 atom stereocenters. The van der Waals surface area contributed by atoms with Gasteiger partial charge < -0.3 is 10.2 Å². The van der Waals surface area contributed by atoms with E-state index in [0.717, 1.165) is 43.5 Å². The Morgan fingerprint density at radius 1 is 1.05 bits per heavy atom. The van der Waals surface area contributed by atoms with E-state index in [9.17, 15) is 0 Å². The van der Waals surface area contributed by atoms with Gasteiger partial charge in [-0.1, -0.05) is 27.7 Å². The minimum atomic E-state index is 0.377. The van der Waals surface area contributed by atoms with Crippen LogP contribution in [0.5, 0.6) is 0 Å². The molecule has 0 spiro atoms. The zero-order chi connectivity index (χ0) is 13.8. The highest BCUT2D eigenvalue weighted by Crippen LogP contribution is 2.22. The molecule has 1 aliphatic heterocycles. The van der Waals surface area contributed by atoms with Crippen LogP contribution in [0.25, 0.3) is 0 Å². The van der Waals surface area contributed by atoms with Gasteiger partial charge in [0.25, 0.3) is 0 Å². The third kappa shape index (κ3) is 3.66. The first-order chi connectivity index (χ1) is 9.08. The Balaban J connectivity index is 2.31. The second-order valence-corrected chi connectivity index (χ2v) is 5.91. The van der Waals surface area contributed by atoms with Crippen LogP contribution in [0.3, 0.4) is 0 Å². The van der Waals surface area contributed by atoms with Crippen molar-refractivity contribution in [3.05, 3.63) is 17.6 Å². The van der Waals surface area contributed by atoms with Crippen molar-refractivity contribution in [1.29, 1.82) is 0 Å². The van der Waals surface area contributed by atoms with Gasteiger partial charge >= 0.3 is 0 Å². The van der Waals surface area contributed by atoms with Gasteiger partial charge in [0.15, 0.2) is 0 Å². The van der Waals surface area contributed by atoms with Crippen LogP contribution in [0, 0.1) is 0 Å². The Hall–Kier alpha value is -1.16. The van der Waals surface area contributed by atoms with E-state index in [1.807, 2.05) is 0 Å². The molecule has 106 valence electrons. The van der Waals surface area contributed by atoms with Gasteiger partial charge in [-0.2, -0.15) is 0 Å². The van der Waals surface area contributed by atoms with E-state index in [1.165, 1.54) is 6.42 Å². The molecule has 0 unspecified atom stereocenters. The van der Waals surface area contributed by atoms with Crippen LogP contribution in [0.1, 0.15) is 57.5 Å². The molecule has 0 bridgehead atoms. The Labute approximate surface area is 116 Å². The first kappa shape index (κ1) is 14.3. The van der Waals surface area contributed by atoms with E-state index in [-0.39, 0.29) is 0 Å². The van der Waals surface area contributed by atoms with Crippen molar-refractivity contribution in [3.8, 4) is 0 Å². The summed E-state index contributed by atoms with van der Waals surface area (Å²) in [6.07, 6.45) is 1.18. The van der Waals surface area contributed by atoms with Gasteiger partial charge in [-0.05, 0) is 18.9 Å². The van der Waals surface area contributed by atoms with E-state index < -0.39 is 0 Å². The fraction of sp³-hybridized carbons (Fsp3) is 0.733. The smallest absolute Gasteiger partial charge is 0.133 e. The van der Waals surface area contributed by atoms with E-state index in [1.54, 1.807) is 0 Å². The number of hydrogen-bond acceptors (Lipinski definition) is 4.